The Morgan fingerprint density at radius 3 is 2.85 bits per heavy atom. The zero-order valence-corrected chi connectivity index (χ0v) is 14.0. The highest BCUT2D eigenvalue weighted by Gasteiger charge is 2.16. The minimum atomic E-state index is -0.556. The number of benzene rings is 2. The van der Waals surface area contributed by atoms with Gasteiger partial charge >= 0.3 is 0 Å². The predicted octanol–water partition coefficient (Wildman–Crippen LogP) is 3.59. The van der Waals surface area contributed by atoms with Crippen LogP contribution in [0.15, 0.2) is 41.4 Å². The van der Waals surface area contributed by atoms with Crippen LogP contribution in [0.3, 0.4) is 0 Å². The van der Waals surface area contributed by atoms with E-state index in [1.807, 2.05) is 12.1 Å². The van der Waals surface area contributed by atoms with E-state index in [0.29, 0.717) is 12.1 Å². The number of hydrogen-bond acceptors (Lipinski definition) is 6. The van der Waals surface area contributed by atoms with Gasteiger partial charge in [-0.3, -0.25) is 19.9 Å². The smallest absolute Gasteiger partial charge is 0.274 e. The van der Waals surface area contributed by atoms with Gasteiger partial charge in [0.25, 0.3) is 5.69 Å². The monoisotopic (exact) mass is 352 g/mol. The molecular weight excluding hydrogens is 336 g/mol. The van der Waals surface area contributed by atoms with Gasteiger partial charge in [0.05, 0.1) is 23.3 Å². The van der Waals surface area contributed by atoms with Crippen LogP contribution < -0.4 is 4.74 Å². The Bertz CT molecular complexity index is 947. The van der Waals surface area contributed by atoms with E-state index in [0.717, 1.165) is 11.1 Å². The lowest BCUT2D eigenvalue weighted by molar-refractivity contribution is -0.385. The number of phenolic OH excluding ortho intramolecular Hbond substituents is 1. The molecule has 0 radical (unpaired) electrons. The van der Waals surface area contributed by atoms with Crippen LogP contribution >= 0.6 is 0 Å². The summed E-state index contributed by atoms with van der Waals surface area (Å²) in [6.07, 6.45) is 4.97. The Balaban J connectivity index is 1.95. The number of rotatable bonds is 5. The molecule has 0 saturated heterocycles. The summed E-state index contributed by atoms with van der Waals surface area (Å²) in [6.45, 7) is 1.98. The number of ketones is 1. The first-order valence-corrected chi connectivity index (χ1v) is 8.00. The molecule has 1 aliphatic rings. The molecule has 2 aromatic carbocycles. The standard InChI is InChI=1S/C19H16N2O5/c1-2-26-18-10-16(21(24)25)8-14(19(18)23)11-20-15-5-3-13-9-17(22)6-4-12(13)7-15/h3-8,10-11,23H,2,9H2,1H3. The molecule has 0 bridgehead atoms. The average Bonchev–Trinajstić information content (AvgIpc) is 2.62. The third-order valence-corrected chi connectivity index (χ3v) is 3.90. The normalized spacial score (nSPS) is 13.0. The Kier molecular flexibility index (Phi) is 4.79. The second kappa shape index (κ2) is 7.18. The van der Waals surface area contributed by atoms with Gasteiger partial charge in [-0.2, -0.15) is 0 Å². The topological polar surface area (TPSA) is 102 Å². The van der Waals surface area contributed by atoms with Gasteiger partial charge in [0.15, 0.2) is 17.3 Å². The minimum Gasteiger partial charge on any atom is -0.504 e. The van der Waals surface area contributed by atoms with Crippen molar-refractivity contribution in [1.82, 2.24) is 0 Å². The summed E-state index contributed by atoms with van der Waals surface area (Å²) in [5.41, 5.74) is 2.42. The summed E-state index contributed by atoms with van der Waals surface area (Å²) in [6, 6.07) is 7.80. The Hall–Kier alpha value is -3.48. The number of fused-ring (bicyclic) bond motifs is 1. The van der Waals surface area contributed by atoms with Crippen LogP contribution in [0.4, 0.5) is 11.4 Å². The number of carbonyl (C=O) groups is 1. The van der Waals surface area contributed by atoms with Gasteiger partial charge in [-0.15, -0.1) is 0 Å². The zero-order chi connectivity index (χ0) is 18.7. The molecule has 0 amide bonds. The van der Waals surface area contributed by atoms with Gasteiger partial charge < -0.3 is 9.84 Å². The van der Waals surface area contributed by atoms with E-state index in [1.54, 1.807) is 19.1 Å². The van der Waals surface area contributed by atoms with Crippen molar-refractivity contribution in [2.24, 2.45) is 4.99 Å². The fourth-order valence-electron chi connectivity index (χ4n) is 2.64. The van der Waals surface area contributed by atoms with Gasteiger partial charge in [-0.1, -0.05) is 12.1 Å². The number of allylic oxidation sites excluding steroid dienone is 1. The quantitative estimate of drug-likeness (QED) is 0.503. The Morgan fingerprint density at radius 2 is 2.12 bits per heavy atom. The van der Waals surface area contributed by atoms with Crippen molar-refractivity contribution < 1.29 is 19.6 Å². The van der Waals surface area contributed by atoms with Gasteiger partial charge in [0, 0.05) is 24.3 Å². The number of nitro groups is 1. The van der Waals surface area contributed by atoms with Crippen LogP contribution in [-0.2, 0) is 11.2 Å². The molecule has 3 rings (SSSR count). The fraction of sp³-hybridized carbons (Fsp3) is 0.158. The second-order valence-electron chi connectivity index (χ2n) is 5.69. The Morgan fingerprint density at radius 1 is 1.31 bits per heavy atom. The van der Waals surface area contributed by atoms with Gasteiger partial charge in [-0.05, 0) is 36.3 Å². The fourth-order valence-corrected chi connectivity index (χ4v) is 2.64. The zero-order valence-electron chi connectivity index (χ0n) is 14.0. The van der Waals surface area contributed by atoms with E-state index < -0.39 is 4.92 Å². The Labute approximate surface area is 149 Å². The lowest BCUT2D eigenvalue weighted by Gasteiger charge is -2.10. The number of ether oxygens (including phenoxy) is 1. The van der Waals surface area contributed by atoms with Crippen LogP contribution in [-0.4, -0.2) is 28.6 Å². The summed E-state index contributed by atoms with van der Waals surface area (Å²) in [5.74, 6) is -0.113. The van der Waals surface area contributed by atoms with E-state index in [-0.39, 0.29) is 35.1 Å². The first kappa shape index (κ1) is 17.3. The molecule has 0 unspecified atom stereocenters. The molecule has 7 nitrogen and oxygen atoms in total. The maximum atomic E-state index is 11.4. The van der Waals surface area contributed by atoms with Crippen molar-refractivity contribution in [3.63, 3.8) is 0 Å². The highest BCUT2D eigenvalue weighted by molar-refractivity contribution is 5.98. The largest absolute Gasteiger partial charge is 0.504 e. The predicted molar refractivity (Wildman–Crippen MR) is 97.4 cm³/mol. The molecule has 1 N–H and O–H groups in total. The first-order chi connectivity index (χ1) is 12.5. The lowest BCUT2D eigenvalue weighted by atomic mass is 9.96. The van der Waals surface area contributed by atoms with E-state index in [4.69, 9.17) is 4.74 Å². The maximum Gasteiger partial charge on any atom is 0.274 e. The van der Waals surface area contributed by atoms with Crippen molar-refractivity contribution in [3.8, 4) is 11.5 Å². The summed E-state index contributed by atoms with van der Waals surface area (Å²) in [7, 11) is 0. The summed E-state index contributed by atoms with van der Waals surface area (Å²) in [4.78, 5) is 26.2. The van der Waals surface area contributed by atoms with Crippen molar-refractivity contribution in [2.75, 3.05) is 6.61 Å². The number of nitrogens with zero attached hydrogens (tertiary/aromatic N) is 2. The number of non-ortho nitro benzene ring substituents is 1. The molecule has 7 heteroatoms. The third-order valence-electron chi connectivity index (χ3n) is 3.90. The van der Waals surface area contributed by atoms with Crippen molar-refractivity contribution >= 4 is 29.4 Å². The van der Waals surface area contributed by atoms with E-state index >= 15 is 0 Å². The van der Waals surface area contributed by atoms with Crippen molar-refractivity contribution in [2.45, 2.75) is 13.3 Å². The van der Waals surface area contributed by atoms with Crippen molar-refractivity contribution in [3.05, 3.63) is 63.2 Å². The summed E-state index contributed by atoms with van der Waals surface area (Å²) >= 11 is 0. The second-order valence-corrected chi connectivity index (χ2v) is 5.69. The molecule has 0 saturated carbocycles. The highest BCUT2D eigenvalue weighted by Crippen LogP contribution is 2.34. The molecule has 0 spiro atoms. The summed E-state index contributed by atoms with van der Waals surface area (Å²) in [5, 5.41) is 21.3. The van der Waals surface area contributed by atoms with Crippen LogP contribution in [0.25, 0.3) is 6.08 Å². The molecule has 26 heavy (non-hydrogen) atoms. The SMILES string of the molecule is CCOc1cc([N+](=O)[O-])cc(C=Nc2ccc3c(c2)C=CC(=O)C3)c1O. The molecule has 2 aromatic rings. The van der Waals surface area contributed by atoms with E-state index in [9.17, 15) is 20.0 Å². The molecule has 132 valence electrons. The van der Waals surface area contributed by atoms with Gasteiger partial charge in [-0.25, -0.2) is 0 Å². The lowest BCUT2D eigenvalue weighted by Crippen LogP contribution is -2.04. The maximum absolute atomic E-state index is 11.4. The minimum absolute atomic E-state index is 0.0371. The molecule has 0 aliphatic heterocycles. The number of aromatic hydroxyl groups is 1. The van der Waals surface area contributed by atoms with Crippen LogP contribution in [0.1, 0.15) is 23.6 Å². The molecule has 0 fully saturated rings. The van der Waals surface area contributed by atoms with Gasteiger partial charge in [0.2, 0.25) is 0 Å². The van der Waals surface area contributed by atoms with Crippen LogP contribution in [0, 0.1) is 10.1 Å². The molecule has 0 atom stereocenters. The molecule has 0 aromatic heterocycles. The molecular formula is C19H16N2O5. The molecule has 0 heterocycles. The van der Waals surface area contributed by atoms with E-state index in [2.05, 4.69) is 4.99 Å². The number of carbonyl (C=O) groups excluding carboxylic acids is 1. The number of nitro benzene ring substituents is 1. The number of aliphatic imine (C=N–C) groups is 1. The number of phenols is 1. The number of hydrogen-bond donors (Lipinski definition) is 1. The van der Waals surface area contributed by atoms with Crippen LogP contribution in [0.5, 0.6) is 11.5 Å². The van der Waals surface area contributed by atoms with Gasteiger partial charge in [0.1, 0.15) is 0 Å². The van der Waals surface area contributed by atoms with Crippen LogP contribution in [0.2, 0.25) is 0 Å². The third kappa shape index (κ3) is 3.61. The first-order valence-electron chi connectivity index (χ1n) is 8.00. The van der Waals surface area contributed by atoms with Crippen molar-refractivity contribution in [1.29, 1.82) is 0 Å². The average molecular weight is 352 g/mol. The summed E-state index contributed by atoms with van der Waals surface area (Å²) < 4.78 is 5.25. The molecule has 1 aliphatic carbocycles. The van der Waals surface area contributed by atoms with E-state index in [1.165, 1.54) is 24.4 Å². The highest BCUT2D eigenvalue weighted by atomic mass is 16.6.